The summed E-state index contributed by atoms with van der Waals surface area (Å²) in [6.07, 6.45) is 6.36. The number of thiophene rings is 1. The van der Waals surface area contributed by atoms with E-state index in [0.29, 0.717) is 18.7 Å². The standard InChI is InChI=1S/C21H24N2O2S/c24-20(15-6-2-1-3-7-15)22-17-10-12-23(13-11-17)21(25)19-14-16-8-4-5-9-18(16)26-19/h1-3,6-7,14,17H,4-5,8-13H2,(H,22,24). The molecule has 4 rings (SSSR count). The quantitative estimate of drug-likeness (QED) is 0.899. The van der Waals surface area contributed by atoms with Gasteiger partial charge in [0.1, 0.15) is 0 Å². The lowest BCUT2D eigenvalue weighted by atomic mass is 9.99. The summed E-state index contributed by atoms with van der Waals surface area (Å²) in [5.41, 5.74) is 2.07. The van der Waals surface area contributed by atoms with Crippen LogP contribution in [0.1, 0.15) is 56.2 Å². The zero-order chi connectivity index (χ0) is 17.9. The van der Waals surface area contributed by atoms with E-state index in [1.165, 1.54) is 23.3 Å². The number of hydrogen-bond acceptors (Lipinski definition) is 3. The number of benzene rings is 1. The van der Waals surface area contributed by atoms with Crippen molar-refractivity contribution in [2.24, 2.45) is 0 Å². The first-order valence-electron chi connectivity index (χ1n) is 9.47. The number of hydrogen-bond donors (Lipinski definition) is 1. The van der Waals surface area contributed by atoms with Crippen LogP contribution in [-0.4, -0.2) is 35.8 Å². The number of nitrogens with zero attached hydrogens (tertiary/aromatic N) is 1. The average molecular weight is 369 g/mol. The fourth-order valence-electron chi connectivity index (χ4n) is 3.84. The monoisotopic (exact) mass is 368 g/mol. The largest absolute Gasteiger partial charge is 0.349 e. The summed E-state index contributed by atoms with van der Waals surface area (Å²) in [7, 11) is 0. The van der Waals surface area contributed by atoms with Crippen LogP contribution in [0, 0.1) is 0 Å². The van der Waals surface area contributed by atoms with E-state index in [2.05, 4.69) is 11.4 Å². The SMILES string of the molecule is O=C(NC1CCN(C(=O)c2cc3c(s2)CCCC3)CC1)c1ccccc1. The summed E-state index contributed by atoms with van der Waals surface area (Å²) in [6, 6.07) is 11.6. The highest BCUT2D eigenvalue weighted by atomic mass is 32.1. The van der Waals surface area contributed by atoms with Crippen LogP contribution < -0.4 is 5.32 Å². The molecule has 1 aromatic heterocycles. The zero-order valence-electron chi connectivity index (χ0n) is 14.9. The smallest absolute Gasteiger partial charge is 0.263 e. The summed E-state index contributed by atoms with van der Waals surface area (Å²) < 4.78 is 0. The number of aryl methyl sites for hydroxylation is 2. The molecule has 1 aliphatic carbocycles. The second-order valence-corrected chi connectivity index (χ2v) is 8.31. The lowest BCUT2D eigenvalue weighted by Crippen LogP contribution is -2.46. The molecular formula is C21H24N2O2S. The molecule has 1 aliphatic heterocycles. The first-order chi connectivity index (χ1) is 12.7. The van der Waals surface area contributed by atoms with Crippen molar-refractivity contribution in [3.05, 3.63) is 57.3 Å². The highest BCUT2D eigenvalue weighted by Crippen LogP contribution is 2.30. The molecule has 0 bridgehead atoms. The van der Waals surface area contributed by atoms with Crippen molar-refractivity contribution in [2.45, 2.75) is 44.6 Å². The Kier molecular flexibility index (Phi) is 5.07. The summed E-state index contributed by atoms with van der Waals surface area (Å²) in [6.45, 7) is 1.42. The molecule has 26 heavy (non-hydrogen) atoms. The summed E-state index contributed by atoms with van der Waals surface area (Å²) in [5, 5.41) is 3.10. The third kappa shape index (κ3) is 3.68. The Labute approximate surface area is 158 Å². The zero-order valence-corrected chi connectivity index (χ0v) is 15.7. The Hall–Kier alpha value is -2.14. The molecule has 1 aromatic carbocycles. The minimum Gasteiger partial charge on any atom is -0.349 e. The van der Waals surface area contributed by atoms with Gasteiger partial charge in [-0.15, -0.1) is 11.3 Å². The van der Waals surface area contributed by atoms with E-state index in [1.54, 1.807) is 11.3 Å². The van der Waals surface area contributed by atoms with E-state index in [0.717, 1.165) is 30.6 Å². The second-order valence-electron chi connectivity index (χ2n) is 7.17. The van der Waals surface area contributed by atoms with Gasteiger partial charge in [-0.25, -0.2) is 0 Å². The molecule has 136 valence electrons. The van der Waals surface area contributed by atoms with E-state index < -0.39 is 0 Å². The molecule has 2 aliphatic rings. The van der Waals surface area contributed by atoms with Gasteiger partial charge in [0.25, 0.3) is 11.8 Å². The van der Waals surface area contributed by atoms with Crippen molar-refractivity contribution < 1.29 is 9.59 Å². The molecule has 2 heterocycles. The number of carbonyl (C=O) groups is 2. The van der Waals surface area contributed by atoms with E-state index >= 15 is 0 Å². The van der Waals surface area contributed by atoms with Gasteiger partial charge in [0, 0.05) is 29.6 Å². The predicted octanol–water partition coefficient (Wildman–Crippen LogP) is 3.66. The van der Waals surface area contributed by atoms with E-state index in [9.17, 15) is 9.59 Å². The Morgan fingerprint density at radius 3 is 2.50 bits per heavy atom. The third-order valence-corrected chi connectivity index (χ3v) is 6.59. The van der Waals surface area contributed by atoms with Crippen LogP contribution in [0.5, 0.6) is 0 Å². The lowest BCUT2D eigenvalue weighted by Gasteiger charge is -2.32. The maximum atomic E-state index is 12.8. The van der Waals surface area contributed by atoms with Crippen LogP contribution in [0.25, 0.3) is 0 Å². The summed E-state index contributed by atoms with van der Waals surface area (Å²) >= 11 is 1.68. The predicted molar refractivity (Wildman–Crippen MR) is 104 cm³/mol. The number of carbonyl (C=O) groups excluding carboxylic acids is 2. The number of piperidine rings is 1. The van der Waals surface area contributed by atoms with Gasteiger partial charge in [-0.3, -0.25) is 9.59 Å². The van der Waals surface area contributed by atoms with Gasteiger partial charge in [-0.2, -0.15) is 0 Å². The van der Waals surface area contributed by atoms with Gasteiger partial charge in [0.2, 0.25) is 0 Å². The maximum Gasteiger partial charge on any atom is 0.263 e. The molecule has 2 amide bonds. The van der Waals surface area contributed by atoms with E-state index in [1.807, 2.05) is 35.2 Å². The highest BCUT2D eigenvalue weighted by Gasteiger charge is 2.26. The molecule has 1 N–H and O–H groups in total. The maximum absolute atomic E-state index is 12.8. The number of fused-ring (bicyclic) bond motifs is 1. The third-order valence-electron chi connectivity index (χ3n) is 5.36. The van der Waals surface area contributed by atoms with Crippen LogP contribution in [0.4, 0.5) is 0 Å². The molecule has 0 radical (unpaired) electrons. The van der Waals surface area contributed by atoms with Gasteiger partial charge >= 0.3 is 0 Å². The normalized spacial score (nSPS) is 17.6. The van der Waals surface area contributed by atoms with Crippen molar-refractivity contribution in [1.29, 1.82) is 0 Å². The molecule has 0 saturated carbocycles. The van der Waals surface area contributed by atoms with E-state index in [-0.39, 0.29) is 17.9 Å². The van der Waals surface area contributed by atoms with Crippen LogP contribution in [0.2, 0.25) is 0 Å². The first-order valence-corrected chi connectivity index (χ1v) is 10.3. The van der Waals surface area contributed by atoms with Crippen molar-refractivity contribution in [3.63, 3.8) is 0 Å². The summed E-state index contributed by atoms with van der Waals surface area (Å²) in [5.74, 6) is 0.138. The number of nitrogens with one attached hydrogen (secondary N) is 1. The van der Waals surface area contributed by atoms with Gasteiger partial charge in [0.15, 0.2) is 0 Å². The molecule has 2 aromatic rings. The molecule has 0 unspecified atom stereocenters. The topological polar surface area (TPSA) is 49.4 Å². The Bertz CT molecular complexity index is 768. The molecule has 1 saturated heterocycles. The van der Waals surface area contributed by atoms with E-state index in [4.69, 9.17) is 0 Å². The molecule has 5 heteroatoms. The van der Waals surface area contributed by atoms with Gasteiger partial charge in [-0.1, -0.05) is 18.2 Å². The van der Waals surface area contributed by atoms with Crippen LogP contribution in [0.15, 0.2) is 36.4 Å². The molecule has 4 nitrogen and oxygen atoms in total. The number of rotatable bonds is 3. The second kappa shape index (κ2) is 7.62. The van der Waals surface area contributed by atoms with Crippen molar-refractivity contribution in [1.82, 2.24) is 10.2 Å². The Balaban J connectivity index is 1.32. The van der Waals surface area contributed by atoms with Gasteiger partial charge < -0.3 is 10.2 Å². The number of likely N-dealkylation sites (tertiary alicyclic amines) is 1. The minimum absolute atomic E-state index is 0.0266. The lowest BCUT2D eigenvalue weighted by molar-refractivity contribution is 0.0702. The Morgan fingerprint density at radius 1 is 1.04 bits per heavy atom. The van der Waals surface area contributed by atoms with Crippen molar-refractivity contribution in [3.8, 4) is 0 Å². The van der Waals surface area contributed by atoms with Gasteiger partial charge in [-0.05, 0) is 62.3 Å². The number of amides is 2. The molecular weight excluding hydrogens is 344 g/mol. The average Bonchev–Trinajstić information content (AvgIpc) is 3.13. The van der Waals surface area contributed by atoms with Crippen molar-refractivity contribution >= 4 is 23.2 Å². The molecule has 0 spiro atoms. The minimum atomic E-state index is -0.0266. The van der Waals surface area contributed by atoms with Crippen LogP contribution >= 0.6 is 11.3 Å². The fourth-order valence-corrected chi connectivity index (χ4v) is 5.06. The van der Waals surface area contributed by atoms with Crippen molar-refractivity contribution in [2.75, 3.05) is 13.1 Å². The van der Waals surface area contributed by atoms with Crippen LogP contribution in [0.3, 0.4) is 0 Å². The summed E-state index contributed by atoms with van der Waals surface area (Å²) in [4.78, 5) is 29.3. The molecule has 0 atom stereocenters. The van der Waals surface area contributed by atoms with Crippen LogP contribution in [-0.2, 0) is 12.8 Å². The first kappa shape index (κ1) is 17.3. The van der Waals surface area contributed by atoms with Gasteiger partial charge in [0.05, 0.1) is 4.88 Å². The highest BCUT2D eigenvalue weighted by molar-refractivity contribution is 7.14. The molecule has 1 fully saturated rings. The fraction of sp³-hybridized carbons (Fsp3) is 0.429. The Morgan fingerprint density at radius 2 is 1.77 bits per heavy atom.